The minimum Gasteiger partial charge on any atom is -0.496 e. The number of amides is 1. The molecule has 0 spiro atoms. The number of carbonyl (C=O) groups is 2. The van der Waals surface area contributed by atoms with Crippen molar-refractivity contribution in [2.24, 2.45) is 5.92 Å². The van der Waals surface area contributed by atoms with Crippen molar-refractivity contribution in [2.45, 2.75) is 12.8 Å². The Hall–Kier alpha value is -2.33. The Morgan fingerprint density at radius 1 is 1.12 bits per heavy atom. The van der Waals surface area contributed by atoms with E-state index in [-0.39, 0.29) is 17.6 Å². The van der Waals surface area contributed by atoms with Gasteiger partial charge in [0.2, 0.25) is 0 Å². The van der Waals surface area contributed by atoms with Crippen molar-refractivity contribution in [3.63, 3.8) is 0 Å². The number of likely N-dealkylation sites (tertiary alicyclic amines) is 1. The molecule has 25 heavy (non-hydrogen) atoms. The van der Waals surface area contributed by atoms with Gasteiger partial charge in [-0.2, -0.15) is 0 Å². The predicted octanol–water partition coefficient (Wildman–Crippen LogP) is 4.08. The Morgan fingerprint density at radius 3 is 2.56 bits per heavy atom. The molecule has 1 heterocycles. The van der Waals surface area contributed by atoms with Crippen LogP contribution in [0.4, 0.5) is 0 Å². The number of hydrogen-bond donors (Lipinski definition) is 0. The fourth-order valence-corrected chi connectivity index (χ4v) is 3.34. The second-order valence-electron chi connectivity index (χ2n) is 6.16. The van der Waals surface area contributed by atoms with Gasteiger partial charge in [0.05, 0.1) is 12.7 Å². The third-order valence-electron chi connectivity index (χ3n) is 4.54. The van der Waals surface area contributed by atoms with Gasteiger partial charge in [0, 0.05) is 29.6 Å². The summed E-state index contributed by atoms with van der Waals surface area (Å²) in [5, 5.41) is 0.597. The van der Waals surface area contributed by atoms with Gasteiger partial charge in [-0.05, 0) is 49.2 Å². The van der Waals surface area contributed by atoms with E-state index in [1.807, 2.05) is 12.1 Å². The molecular weight excluding hydrogens is 338 g/mol. The third-order valence-corrected chi connectivity index (χ3v) is 4.79. The lowest BCUT2D eigenvalue weighted by molar-refractivity contribution is 0.0636. The SMILES string of the molecule is COc1ccccc1C(=O)C1CCCN(C(=O)c2ccc(Cl)cc2)C1. The number of rotatable bonds is 4. The number of carbonyl (C=O) groups excluding carboxylic acids is 2. The Kier molecular flexibility index (Phi) is 5.39. The zero-order valence-corrected chi connectivity index (χ0v) is 14.8. The molecule has 2 aromatic rings. The molecule has 1 fully saturated rings. The molecule has 0 N–H and O–H groups in total. The first-order valence-corrected chi connectivity index (χ1v) is 8.70. The van der Waals surface area contributed by atoms with Crippen LogP contribution in [0.3, 0.4) is 0 Å². The van der Waals surface area contributed by atoms with Crippen molar-refractivity contribution in [1.82, 2.24) is 4.90 Å². The van der Waals surface area contributed by atoms with Gasteiger partial charge in [-0.15, -0.1) is 0 Å². The van der Waals surface area contributed by atoms with E-state index in [2.05, 4.69) is 0 Å². The number of para-hydroxylation sites is 1. The van der Waals surface area contributed by atoms with E-state index in [0.29, 0.717) is 35.0 Å². The lowest BCUT2D eigenvalue weighted by atomic mass is 9.89. The molecule has 4 nitrogen and oxygen atoms in total. The largest absolute Gasteiger partial charge is 0.496 e. The van der Waals surface area contributed by atoms with E-state index >= 15 is 0 Å². The van der Waals surface area contributed by atoms with Crippen molar-refractivity contribution >= 4 is 23.3 Å². The van der Waals surface area contributed by atoms with Gasteiger partial charge in [-0.25, -0.2) is 0 Å². The van der Waals surface area contributed by atoms with Crippen LogP contribution in [0.5, 0.6) is 5.75 Å². The molecule has 0 aliphatic carbocycles. The Balaban J connectivity index is 1.75. The highest BCUT2D eigenvalue weighted by Gasteiger charge is 2.30. The van der Waals surface area contributed by atoms with Crippen LogP contribution in [0.1, 0.15) is 33.6 Å². The molecule has 0 bridgehead atoms. The highest BCUT2D eigenvalue weighted by atomic mass is 35.5. The third kappa shape index (κ3) is 3.85. The molecule has 130 valence electrons. The summed E-state index contributed by atoms with van der Waals surface area (Å²) in [6.07, 6.45) is 1.59. The molecule has 1 amide bonds. The quantitative estimate of drug-likeness (QED) is 0.774. The molecule has 1 atom stereocenters. The van der Waals surface area contributed by atoms with E-state index in [1.54, 1.807) is 48.4 Å². The molecule has 1 aliphatic heterocycles. The molecule has 0 radical (unpaired) electrons. The summed E-state index contributed by atoms with van der Waals surface area (Å²) >= 11 is 5.88. The van der Waals surface area contributed by atoms with Crippen LogP contribution >= 0.6 is 11.6 Å². The lowest BCUT2D eigenvalue weighted by Gasteiger charge is -2.32. The van der Waals surface area contributed by atoms with Gasteiger partial charge in [0.25, 0.3) is 5.91 Å². The highest BCUT2D eigenvalue weighted by Crippen LogP contribution is 2.27. The van der Waals surface area contributed by atoms with E-state index in [1.165, 1.54) is 0 Å². The molecular formula is C20H20ClNO3. The summed E-state index contributed by atoms with van der Waals surface area (Å²) in [6.45, 7) is 1.09. The summed E-state index contributed by atoms with van der Waals surface area (Å²) in [5.41, 5.74) is 1.17. The lowest BCUT2D eigenvalue weighted by Crippen LogP contribution is -2.42. The average molecular weight is 358 g/mol. The van der Waals surface area contributed by atoms with Gasteiger partial charge < -0.3 is 9.64 Å². The maximum Gasteiger partial charge on any atom is 0.253 e. The standard InChI is InChI=1S/C20H20ClNO3/c1-25-18-7-3-2-6-17(18)19(23)15-5-4-12-22(13-15)20(24)14-8-10-16(21)11-9-14/h2-3,6-11,15H,4-5,12-13H2,1H3. The summed E-state index contributed by atoms with van der Waals surface area (Å²) in [4.78, 5) is 27.3. The van der Waals surface area contributed by atoms with Crippen molar-refractivity contribution in [2.75, 3.05) is 20.2 Å². The zero-order chi connectivity index (χ0) is 17.8. The summed E-state index contributed by atoms with van der Waals surface area (Å²) in [5.74, 6) is 0.343. The van der Waals surface area contributed by atoms with Crippen LogP contribution in [-0.4, -0.2) is 36.8 Å². The van der Waals surface area contributed by atoms with Crippen molar-refractivity contribution in [1.29, 1.82) is 0 Å². The molecule has 1 unspecified atom stereocenters. The highest BCUT2D eigenvalue weighted by molar-refractivity contribution is 6.30. The Labute approximate surface area is 152 Å². The summed E-state index contributed by atoms with van der Waals surface area (Å²) in [7, 11) is 1.56. The molecule has 0 aromatic heterocycles. The topological polar surface area (TPSA) is 46.6 Å². The zero-order valence-electron chi connectivity index (χ0n) is 14.1. The second kappa shape index (κ2) is 7.70. The van der Waals surface area contributed by atoms with Crippen molar-refractivity contribution in [3.05, 3.63) is 64.7 Å². The Bertz CT molecular complexity index is 773. The number of methoxy groups -OCH3 is 1. The number of halogens is 1. The number of ketones is 1. The normalized spacial score (nSPS) is 17.2. The number of piperidine rings is 1. The molecule has 1 aliphatic rings. The molecule has 2 aromatic carbocycles. The summed E-state index contributed by atoms with van der Waals surface area (Å²) in [6, 6.07) is 14.1. The maximum atomic E-state index is 12.9. The smallest absolute Gasteiger partial charge is 0.253 e. The van der Waals surface area contributed by atoms with Crippen LogP contribution in [0.2, 0.25) is 5.02 Å². The minimum absolute atomic E-state index is 0.0334. The van der Waals surface area contributed by atoms with Gasteiger partial charge in [0.15, 0.2) is 5.78 Å². The minimum atomic E-state index is -0.207. The fourth-order valence-electron chi connectivity index (χ4n) is 3.22. The van der Waals surface area contributed by atoms with E-state index in [9.17, 15) is 9.59 Å². The van der Waals surface area contributed by atoms with Crippen LogP contribution in [0.15, 0.2) is 48.5 Å². The number of ether oxygens (including phenoxy) is 1. The number of Topliss-reactive ketones (excluding diaryl/α,β-unsaturated/α-hetero) is 1. The monoisotopic (exact) mass is 357 g/mol. The van der Waals surface area contributed by atoms with E-state index in [4.69, 9.17) is 16.3 Å². The molecule has 5 heteroatoms. The van der Waals surface area contributed by atoms with E-state index < -0.39 is 0 Å². The van der Waals surface area contributed by atoms with E-state index in [0.717, 1.165) is 12.8 Å². The first-order chi connectivity index (χ1) is 12.1. The molecule has 0 saturated carbocycles. The van der Waals surface area contributed by atoms with Crippen molar-refractivity contribution in [3.8, 4) is 5.75 Å². The second-order valence-corrected chi connectivity index (χ2v) is 6.60. The number of nitrogens with zero attached hydrogens (tertiary/aromatic N) is 1. The maximum absolute atomic E-state index is 12.9. The Morgan fingerprint density at radius 2 is 1.84 bits per heavy atom. The first kappa shape index (κ1) is 17.5. The van der Waals surface area contributed by atoms with Crippen molar-refractivity contribution < 1.29 is 14.3 Å². The average Bonchev–Trinajstić information content (AvgIpc) is 2.67. The van der Waals surface area contributed by atoms with Gasteiger partial charge in [-0.1, -0.05) is 23.7 Å². The van der Waals surface area contributed by atoms with Crippen LogP contribution in [-0.2, 0) is 0 Å². The molecule has 1 saturated heterocycles. The van der Waals surface area contributed by atoms with Crippen LogP contribution in [0.25, 0.3) is 0 Å². The van der Waals surface area contributed by atoms with Crippen LogP contribution < -0.4 is 4.74 Å². The van der Waals surface area contributed by atoms with Gasteiger partial charge >= 0.3 is 0 Å². The van der Waals surface area contributed by atoms with Gasteiger partial charge in [-0.3, -0.25) is 9.59 Å². The van der Waals surface area contributed by atoms with Crippen LogP contribution in [0, 0.1) is 5.92 Å². The predicted molar refractivity (Wildman–Crippen MR) is 97.4 cm³/mol. The fraction of sp³-hybridized carbons (Fsp3) is 0.300. The summed E-state index contributed by atoms with van der Waals surface area (Å²) < 4.78 is 5.30. The number of benzene rings is 2. The van der Waals surface area contributed by atoms with Gasteiger partial charge in [0.1, 0.15) is 5.75 Å². The molecule has 3 rings (SSSR count). The first-order valence-electron chi connectivity index (χ1n) is 8.32. The number of hydrogen-bond acceptors (Lipinski definition) is 3.